The number of pyridine rings is 1. The maximum Gasteiger partial charge on any atom is 0.0488 e. The Morgan fingerprint density at radius 3 is 2.12 bits per heavy atom. The van der Waals surface area contributed by atoms with Crippen LogP contribution in [0.2, 0.25) is 0 Å². The number of hydrogen-bond acceptors (Lipinski definition) is 0. The van der Waals surface area contributed by atoms with E-state index >= 15 is 0 Å². The van der Waals surface area contributed by atoms with Gasteiger partial charge in [0, 0.05) is 23.0 Å². The predicted molar refractivity (Wildman–Crippen MR) is 101 cm³/mol. The second-order valence-electron chi connectivity index (χ2n) is 6.25. The van der Waals surface area contributed by atoms with Gasteiger partial charge in [0.2, 0.25) is 0 Å². The first kappa shape index (κ1) is 14.8. The maximum absolute atomic E-state index is 2.36. The van der Waals surface area contributed by atoms with Crippen molar-refractivity contribution in [2.45, 2.75) is 19.8 Å². The number of benzene rings is 2. The highest BCUT2D eigenvalue weighted by Gasteiger charge is 2.16. The van der Waals surface area contributed by atoms with Gasteiger partial charge in [0.05, 0.1) is 0 Å². The Balaban J connectivity index is 1.83. The Morgan fingerprint density at radius 2 is 1.38 bits per heavy atom. The lowest BCUT2D eigenvalue weighted by Gasteiger charge is -2.08. The summed E-state index contributed by atoms with van der Waals surface area (Å²) < 4.78 is 2.36. The van der Waals surface area contributed by atoms with Crippen molar-refractivity contribution in [3.63, 3.8) is 0 Å². The van der Waals surface area contributed by atoms with Crippen LogP contribution in [-0.2, 0) is 12.8 Å². The van der Waals surface area contributed by atoms with E-state index in [1.54, 1.807) is 0 Å². The lowest BCUT2D eigenvalue weighted by atomic mass is 9.98. The van der Waals surface area contributed by atoms with Crippen molar-refractivity contribution < 1.29 is 0 Å². The van der Waals surface area contributed by atoms with Crippen LogP contribution in [0.4, 0.5) is 0 Å². The Kier molecular flexibility index (Phi) is 3.92. The molecule has 0 amide bonds. The van der Waals surface area contributed by atoms with Crippen molar-refractivity contribution in [1.82, 2.24) is 4.40 Å². The summed E-state index contributed by atoms with van der Waals surface area (Å²) in [4.78, 5) is 0. The number of aryl methyl sites for hydroxylation is 3. The molecule has 1 heteroatoms. The summed E-state index contributed by atoms with van der Waals surface area (Å²) in [6, 6.07) is 28.0. The predicted octanol–water partition coefficient (Wildman–Crippen LogP) is 5.70. The highest BCUT2D eigenvalue weighted by molar-refractivity contribution is 5.79. The molecule has 0 bridgehead atoms. The van der Waals surface area contributed by atoms with Crippen LogP contribution in [0, 0.1) is 6.92 Å². The quantitative estimate of drug-likeness (QED) is 0.455. The second kappa shape index (κ2) is 6.37. The zero-order valence-corrected chi connectivity index (χ0v) is 13.9. The standard InChI is InChI=1S/C23H21N/c1-18-21-14-8-9-17-24(21)22(16-15-19-10-4-2-5-11-19)23(18)20-12-6-3-7-13-20/h2-14,17H,15-16H2,1H3. The van der Waals surface area contributed by atoms with Crippen LogP contribution in [0.5, 0.6) is 0 Å². The van der Waals surface area contributed by atoms with Crippen LogP contribution in [0.1, 0.15) is 16.8 Å². The van der Waals surface area contributed by atoms with E-state index < -0.39 is 0 Å². The smallest absolute Gasteiger partial charge is 0.0488 e. The lowest BCUT2D eigenvalue weighted by Crippen LogP contribution is -1.98. The van der Waals surface area contributed by atoms with Crippen molar-refractivity contribution in [3.05, 3.63) is 102 Å². The van der Waals surface area contributed by atoms with E-state index in [0.717, 1.165) is 12.8 Å². The van der Waals surface area contributed by atoms with Crippen LogP contribution in [-0.4, -0.2) is 4.40 Å². The summed E-state index contributed by atoms with van der Waals surface area (Å²) in [7, 11) is 0. The maximum atomic E-state index is 2.36. The first-order chi connectivity index (χ1) is 11.8. The zero-order chi connectivity index (χ0) is 16.4. The third-order valence-electron chi connectivity index (χ3n) is 4.75. The van der Waals surface area contributed by atoms with Crippen molar-refractivity contribution in [1.29, 1.82) is 0 Å². The number of rotatable bonds is 4. The summed E-state index contributed by atoms with van der Waals surface area (Å²) in [5, 5.41) is 0. The monoisotopic (exact) mass is 311 g/mol. The van der Waals surface area contributed by atoms with Crippen LogP contribution >= 0.6 is 0 Å². The molecule has 2 heterocycles. The molecule has 0 spiro atoms. The molecule has 118 valence electrons. The molecule has 0 aliphatic heterocycles. The van der Waals surface area contributed by atoms with Gasteiger partial charge in [-0.25, -0.2) is 0 Å². The highest BCUT2D eigenvalue weighted by atomic mass is 14.9. The van der Waals surface area contributed by atoms with Gasteiger partial charge in [0.1, 0.15) is 0 Å². The zero-order valence-electron chi connectivity index (χ0n) is 13.9. The third kappa shape index (κ3) is 2.63. The summed E-state index contributed by atoms with van der Waals surface area (Å²) in [6.07, 6.45) is 4.28. The Labute approximate surface area is 143 Å². The van der Waals surface area contributed by atoms with Gasteiger partial charge in [-0.3, -0.25) is 0 Å². The molecular weight excluding hydrogens is 290 g/mol. The molecule has 24 heavy (non-hydrogen) atoms. The minimum atomic E-state index is 1.03. The molecule has 0 saturated carbocycles. The molecule has 0 atom stereocenters. The van der Waals surface area contributed by atoms with E-state index in [4.69, 9.17) is 0 Å². The molecule has 2 aromatic heterocycles. The second-order valence-corrected chi connectivity index (χ2v) is 6.25. The van der Waals surface area contributed by atoms with Crippen LogP contribution in [0.15, 0.2) is 85.1 Å². The van der Waals surface area contributed by atoms with Gasteiger partial charge in [-0.05, 0) is 48.6 Å². The van der Waals surface area contributed by atoms with E-state index in [1.807, 2.05) is 0 Å². The number of fused-ring (bicyclic) bond motifs is 1. The molecule has 0 saturated heterocycles. The largest absolute Gasteiger partial charge is 0.320 e. The fourth-order valence-corrected chi connectivity index (χ4v) is 3.59. The average molecular weight is 311 g/mol. The van der Waals surface area contributed by atoms with Gasteiger partial charge < -0.3 is 4.40 Å². The number of nitrogens with zero attached hydrogens (tertiary/aromatic N) is 1. The van der Waals surface area contributed by atoms with Gasteiger partial charge in [0.25, 0.3) is 0 Å². The molecular formula is C23H21N. The average Bonchev–Trinajstić information content (AvgIpc) is 2.94. The SMILES string of the molecule is Cc1c(-c2ccccc2)c(CCc2ccccc2)n2ccccc12. The van der Waals surface area contributed by atoms with E-state index in [1.165, 1.54) is 33.5 Å². The van der Waals surface area contributed by atoms with Gasteiger partial charge in [-0.15, -0.1) is 0 Å². The summed E-state index contributed by atoms with van der Waals surface area (Å²) in [5.74, 6) is 0. The molecule has 0 radical (unpaired) electrons. The van der Waals surface area contributed by atoms with Gasteiger partial charge in [0.15, 0.2) is 0 Å². The Hall–Kier alpha value is -2.80. The molecule has 0 unspecified atom stereocenters. The lowest BCUT2D eigenvalue weighted by molar-refractivity contribution is 0.898. The summed E-state index contributed by atoms with van der Waals surface area (Å²) in [6.45, 7) is 2.24. The topological polar surface area (TPSA) is 4.41 Å². The Bertz CT molecular complexity index is 949. The molecule has 0 fully saturated rings. The van der Waals surface area contributed by atoms with E-state index in [9.17, 15) is 0 Å². The normalized spacial score (nSPS) is 11.0. The van der Waals surface area contributed by atoms with Crippen molar-refractivity contribution in [2.24, 2.45) is 0 Å². The third-order valence-corrected chi connectivity index (χ3v) is 4.75. The van der Waals surface area contributed by atoms with Crippen molar-refractivity contribution >= 4 is 5.52 Å². The Morgan fingerprint density at radius 1 is 0.708 bits per heavy atom. The molecule has 1 nitrogen and oxygen atoms in total. The van der Waals surface area contributed by atoms with Gasteiger partial charge in [-0.1, -0.05) is 66.7 Å². The number of hydrogen-bond donors (Lipinski definition) is 0. The van der Waals surface area contributed by atoms with Gasteiger partial charge in [-0.2, -0.15) is 0 Å². The molecule has 4 aromatic rings. The van der Waals surface area contributed by atoms with Crippen LogP contribution in [0.25, 0.3) is 16.6 Å². The molecule has 0 N–H and O–H groups in total. The van der Waals surface area contributed by atoms with E-state index in [2.05, 4.69) is 96.4 Å². The van der Waals surface area contributed by atoms with Crippen LogP contribution in [0.3, 0.4) is 0 Å². The summed E-state index contributed by atoms with van der Waals surface area (Å²) in [5.41, 5.74) is 8.15. The minimum Gasteiger partial charge on any atom is -0.320 e. The fraction of sp³-hybridized carbons (Fsp3) is 0.130. The first-order valence-electron chi connectivity index (χ1n) is 8.52. The number of aromatic nitrogens is 1. The highest BCUT2D eigenvalue weighted by Crippen LogP contribution is 2.33. The minimum absolute atomic E-state index is 1.03. The molecule has 0 aliphatic rings. The van der Waals surface area contributed by atoms with Crippen LogP contribution < -0.4 is 0 Å². The molecule has 4 rings (SSSR count). The van der Waals surface area contributed by atoms with Crippen molar-refractivity contribution in [3.8, 4) is 11.1 Å². The molecule has 0 aliphatic carbocycles. The fourth-order valence-electron chi connectivity index (χ4n) is 3.59. The van der Waals surface area contributed by atoms with Gasteiger partial charge >= 0.3 is 0 Å². The van der Waals surface area contributed by atoms with E-state index in [-0.39, 0.29) is 0 Å². The van der Waals surface area contributed by atoms with E-state index in [0.29, 0.717) is 0 Å². The van der Waals surface area contributed by atoms with Crippen molar-refractivity contribution in [2.75, 3.05) is 0 Å². The summed E-state index contributed by atoms with van der Waals surface area (Å²) >= 11 is 0. The molecule has 2 aromatic carbocycles. The first-order valence-corrected chi connectivity index (χ1v) is 8.52.